The van der Waals surface area contributed by atoms with Crippen LogP contribution in [0.25, 0.3) is 10.9 Å². The van der Waals surface area contributed by atoms with Gasteiger partial charge >= 0.3 is 5.69 Å². The molecule has 0 aliphatic carbocycles. The van der Waals surface area contributed by atoms with Crippen LogP contribution >= 0.6 is 0 Å². The molecule has 1 aliphatic rings. The Hall–Kier alpha value is -3.26. The van der Waals surface area contributed by atoms with Crippen LogP contribution in [-0.4, -0.2) is 61.4 Å². The third-order valence-electron chi connectivity index (χ3n) is 5.63. The fourth-order valence-electron chi connectivity index (χ4n) is 3.90. The van der Waals surface area contributed by atoms with Crippen LogP contribution in [0.15, 0.2) is 52.1 Å². The average Bonchev–Trinajstić information content (AvgIpc) is 2.79. The van der Waals surface area contributed by atoms with Crippen molar-refractivity contribution in [1.29, 1.82) is 0 Å². The molecule has 1 aliphatic heterocycles. The van der Waals surface area contributed by atoms with E-state index in [1.165, 1.54) is 4.57 Å². The maximum Gasteiger partial charge on any atom is 0.328 e. The molecule has 1 fully saturated rings. The fourth-order valence-corrected chi connectivity index (χ4v) is 3.90. The highest BCUT2D eigenvalue weighted by Gasteiger charge is 2.20. The predicted molar refractivity (Wildman–Crippen MR) is 117 cm³/mol. The van der Waals surface area contributed by atoms with Crippen molar-refractivity contribution in [3.8, 4) is 11.5 Å². The van der Waals surface area contributed by atoms with Crippen molar-refractivity contribution in [3.05, 3.63) is 63.3 Å². The molecule has 0 unspecified atom stereocenters. The lowest BCUT2D eigenvalue weighted by Gasteiger charge is -2.36. The van der Waals surface area contributed by atoms with Gasteiger partial charge in [-0.1, -0.05) is 12.1 Å². The van der Waals surface area contributed by atoms with Gasteiger partial charge in [0.1, 0.15) is 11.5 Å². The lowest BCUT2D eigenvalue weighted by Crippen LogP contribution is -2.48. The quantitative estimate of drug-likeness (QED) is 0.664. The van der Waals surface area contributed by atoms with E-state index in [4.69, 9.17) is 9.47 Å². The van der Waals surface area contributed by atoms with Gasteiger partial charge in [0.15, 0.2) is 0 Å². The van der Waals surface area contributed by atoms with E-state index in [1.54, 1.807) is 32.4 Å². The normalized spacial score (nSPS) is 14.8. The van der Waals surface area contributed by atoms with Gasteiger partial charge in [-0.2, -0.15) is 0 Å². The molecule has 3 aromatic rings. The Balaban J connectivity index is 1.44. The van der Waals surface area contributed by atoms with Crippen molar-refractivity contribution in [2.75, 3.05) is 51.8 Å². The average molecular weight is 410 g/mol. The van der Waals surface area contributed by atoms with Crippen LogP contribution in [0.2, 0.25) is 0 Å². The van der Waals surface area contributed by atoms with Gasteiger partial charge in [-0.15, -0.1) is 0 Å². The van der Waals surface area contributed by atoms with Crippen LogP contribution in [0.5, 0.6) is 11.5 Å². The lowest BCUT2D eigenvalue weighted by molar-refractivity contribution is 0.245. The lowest BCUT2D eigenvalue weighted by atomic mass is 10.2. The second kappa shape index (κ2) is 8.62. The number of aromatic amines is 1. The van der Waals surface area contributed by atoms with Crippen molar-refractivity contribution < 1.29 is 9.47 Å². The van der Waals surface area contributed by atoms with E-state index in [0.717, 1.165) is 37.6 Å². The number of nitrogens with one attached hydrogen (secondary N) is 1. The molecule has 8 nitrogen and oxygen atoms in total. The molecule has 2 aromatic carbocycles. The van der Waals surface area contributed by atoms with Gasteiger partial charge in [0, 0.05) is 39.3 Å². The summed E-state index contributed by atoms with van der Waals surface area (Å²) >= 11 is 0. The molecular weight excluding hydrogens is 384 g/mol. The summed E-state index contributed by atoms with van der Waals surface area (Å²) in [4.78, 5) is 32.6. The number of piperazine rings is 1. The van der Waals surface area contributed by atoms with Crippen molar-refractivity contribution in [3.63, 3.8) is 0 Å². The molecule has 4 rings (SSSR count). The van der Waals surface area contributed by atoms with E-state index >= 15 is 0 Å². The van der Waals surface area contributed by atoms with Crippen molar-refractivity contribution in [2.24, 2.45) is 0 Å². The third kappa shape index (κ3) is 3.91. The van der Waals surface area contributed by atoms with Gasteiger partial charge in [0.05, 0.1) is 30.8 Å². The molecule has 1 aromatic heterocycles. The number of anilines is 1. The zero-order valence-electron chi connectivity index (χ0n) is 17.3. The molecule has 0 bridgehead atoms. The number of H-pyrrole nitrogens is 1. The molecule has 0 radical (unpaired) electrons. The Kier molecular flexibility index (Phi) is 5.76. The zero-order valence-corrected chi connectivity index (χ0v) is 17.3. The number of fused-ring (bicyclic) bond motifs is 1. The van der Waals surface area contributed by atoms with Crippen LogP contribution in [-0.2, 0) is 6.54 Å². The highest BCUT2D eigenvalue weighted by molar-refractivity contribution is 5.78. The molecule has 0 spiro atoms. The molecule has 1 saturated heterocycles. The van der Waals surface area contributed by atoms with E-state index in [2.05, 4.69) is 20.9 Å². The standard InChI is InChI=1S/C22H26N4O4/c1-29-16-7-8-18-17(15-16)21(27)26(22(28)23-18)14-11-24-9-12-25(13-10-24)19-5-3-4-6-20(19)30-2/h3-8,15H,9-14H2,1-2H3,(H,23,28). The van der Waals surface area contributed by atoms with Gasteiger partial charge in [0.2, 0.25) is 0 Å². The zero-order chi connectivity index (χ0) is 21.1. The molecule has 158 valence electrons. The monoisotopic (exact) mass is 410 g/mol. The number of methoxy groups -OCH3 is 2. The molecular formula is C22H26N4O4. The van der Waals surface area contributed by atoms with Gasteiger partial charge in [-0.3, -0.25) is 14.3 Å². The summed E-state index contributed by atoms with van der Waals surface area (Å²) in [5.41, 5.74) is 0.939. The molecule has 0 atom stereocenters. The smallest absolute Gasteiger partial charge is 0.328 e. The number of nitrogens with zero attached hydrogens (tertiary/aromatic N) is 3. The number of ether oxygens (including phenoxy) is 2. The SMILES string of the molecule is COc1ccc2[nH]c(=O)n(CCN3CCN(c4ccccc4OC)CC3)c(=O)c2c1. The number of rotatable bonds is 6. The number of hydrogen-bond donors (Lipinski definition) is 1. The third-order valence-corrected chi connectivity index (χ3v) is 5.63. The van der Waals surface area contributed by atoms with Crippen molar-refractivity contribution in [1.82, 2.24) is 14.5 Å². The van der Waals surface area contributed by atoms with Gasteiger partial charge in [-0.25, -0.2) is 4.79 Å². The highest BCUT2D eigenvalue weighted by Crippen LogP contribution is 2.28. The Morgan fingerprint density at radius 1 is 0.933 bits per heavy atom. The second-order valence-electron chi connectivity index (χ2n) is 7.30. The summed E-state index contributed by atoms with van der Waals surface area (Å²) in [5.74, 6) is 1.46. The number of para-hydroxylation sites is 2. The topological polar surface area (TPSA) is 79.8 Å². The van der Waals surface area contributed by atoms with E-state index in [1.807, 2.05) is 18.2 Å². The Bertz CT molecular complexity index is 1150. The second-order valence-corrected chi connectivity index (χ2v) is 7.30. The van der Waals surface area contributed by atoms with Crippen LogP contribution in [0.4, 0.5) is 5.69 Å². The molecule has 30 heavy (non-hydrogen) atoms. The highest BCUT2D eigenvalue weighted by atomic mass is 16.5. The predicted octanol–water partition coefficient (Wildman–Crippen LogP) is 1.53. The Labute approximate surface area is 174 Å². The van der Waals surface area contributed by atoms with Crippen LogP contribution in [0.3, 0.4) is 0 Å². The summed E-state index contributed by atoms with van der Waals surface area (Å²) in [5, 5.41) is 0.454. The van der Waals surface area contributed by atoms with E-state index in [0.29, 0.717) is 29.7 Å². The van der Waals surface area contributed by atoms with Crippen LogP contribution in [0, 0.1) is 0 Å². The van der Waals surface area contributed by atoms with Crippen LogP contribution < -0.4 is 25.6 Å². The first-order valence-electron chi connectivity index (χ1n) is 10.0. The van der Waals surface area contributed by atoms with Crippen molar-refractivity contribution >= 4 is 16.6 Å². The number of benzene rings is 2. The Morgan fingerprint density at radius 2 is 1.70 bits per heavy atom. The summed E-state index contributed by atoms with van der Waals surface area (Å²) in [6.45, 7) is 4.41. The van der Waals surface area contributed by atoms with E-state index < -0.39 is 0 Å². The molecule has 1 N–H and O–H groups in total. The van der Waals surface area contributed by atoms with Crippen molar-refractivity contribution in [2.45, 2.75) is 6.54 Å². The number of hydrogen-bond acceptors (Lipinski definition) is 6. The Morgan fingerprint density at radius 3 is 2.43 bits per heavy atom. The summed E-state index contributed by atoms with van der Waals surface area (Å²) in [6.07, 6.45) is 0. The van der Waals surface area contributed by atoms with E-state index in [-0.39, 0.29) is 11.2 Å². The molecule has 0 amide bonds. The fraction of sp³-hybridized carbons (Fsp3) is 0.364. The van der Waals surface area contributed by atoms with Gasteiger partial charge in [0.25, 0.3) is 5.56 Å². The number of aromatic nitrogens is 2. The van der Waals surface area contributed by atoms with Gasteiger partial charge < -0.3 is 19.4 Å². The first-order valence-corrected chi connectivity index (χ1v) is 10.0. The maximum absolute atomic E-state index is 12.8. The largest absolute Gasteiger partial charge is 0.497 e. The van der Waals surface area contributed by atoms with Crippen LogP contribution in [0.1, 0.15) is 0 Å². The summed E-state index contributed by atoms with van der Waals surface area (Å²) in [6, 6.07) is 13.1. The first-order chi connectivity index (χ1) is 14.6. The van der Waals surface area contributed by atoms with Gasteiger partial charge in [-0.05, 0) is 30.3 Å². The summed E-state index contributed by atoms with van der Waals surface area (Å²) < 4.78 is 11.9. The van der Waals surface area contributed by atoms with E-state index in [9.17, 15) is 9.59 Å². The minimum Gasteiger partial charge on any atom is -0.497 e. The molecule has 2 heterocycles. The molecule has 8 heteroatoms. The minimum atomic E-state index is -0.384. The molecule has 0 saturated carbocycles. The first kappa shape index (κ1) is 20.0. The maximum atomic E-state index is 12.8. The summed E-state index contributed by atoms with van der Waals surface area (Å²) in [7, 11) is 3.24. The minimum absolute atomic E-state index is 0.291.